The molecule has 15 heavy (non-hydrogen) atoms. The first-order chi connectivity index (χ1) is 7.28. The summed E-state index contributed by atoms with van der Waals surface area (Å²) in [5.74, 6) is 0.894. The Labute approximate surface area is 93.4 Å². The van der Waals surface area contributed by atoms with Gasteiger partial charge < -0.3 is 9.64 Å². The van der Waals surface area contributed by atoms with Crippen LogP contribution in [0.3, 0.4) is 0 Å². The summed E-state index contributed by atoms with van der Waals surface area (Å²) in [6, 6.07) is 0. The van der Waals surface area contributed by atoms with Gasteiger partial charge in [-0.15, -0.1) is 0 Å². The molecule has 0 bridgehead atoms. The molecular weight excluding hydrogens is 188 g/mol. The second-order valence-corrected chi connectivity index (χ2v) is 5.08. The molecule has 0 saturated carbocycles. The third kappa shape index (κ3) is 3.16. The zero-order valence-corrected chi connectivity index (χ0v) is 10.1. The van der Waals surface area contributed by atoms with E-state index in [9.17, 15) is 0 Å². The van der Waals surface area contributed by atoms with Crippen molar-refractivity contribution >= 4 is 0 Å². The molecule has 88 valence electrons. The molecule has 0 aromatic rings. The Morgan fingerprint density at radius 3 is 2.80 bits per heavy atom. The van der Waals surface area contributed by atoms with Crippen LogP contribution in [0.2, 0.25) is 0 Å². The van der Waals surface area contributed by atoms with Gasteiger partial charge in [0.2, 0.25) is 0 Å². The molecule has 0 aromatic carbocycles. The molecule has 0 amide bonds. The van der Waals surface area contributed by atoms with Crippen molar-refractivity contribution in [3.8, 4) is 0 Å². The first-order valence-electron chi connectivity index (χ1n) is 6.30. The predicted molar refractivity (Wildman–Crippen MR) is 62.1 cm³/mol. The van der Waals surface area contributed by atoms with Gasteiger partial charge in [0.1, 0.15) is 0 Å². The van der Waals surface area contributed by atoms with Crippen molar-refractivity contribution in [3.05, 3.63) is 0 Å². The van der Waals surface area contributed by atoms with Crippen molar-refractivity contribution in [2.75, 3.05) is 46.4 Å². The number of ether oxygens (including phenoxy) is 1. The van der Waals surface area contributed by atoms with E-state index in [1.807, 2.05) is 0 Å². The van der Waals surface area contributed by atoms with E-state index in [0.717, 1.165) is 32.0 Å². The molecule has 2 rings (SSSR count). The number of nitrogens with zero attached hydrogens (tertiary/aromatic N) is 2. The quantitative estimate of drug-likeness (QED) is 0.695. The van der Waals surface area contributed by atoms with Gasteiger partial charge in [-0.2, -0.15) is 0 Å². The van der Waals surface area contributed by atoms with Gasteiger partial charge in [-0.1, -0.05) is 6.92 Å². The van der Waals surface area contributed by atoms with Gasteiger partial charge >= 0.3 is 0 Å². The Balaban J connectivity index is 1.74. The SMILES string of the molecule is CCC1CN(CC2CCN(C)C2)CCO1. The Hall–Kier alpha value is -0.120. The summed E-state index contributed by atoms with van der Waals surface area (Å²) in [5, 5.41) is 0. The van der Waals surface area contributed by atoms with Crippen molar-refractivity contribution in [2.24, 2.45) is 5.92 Å². The molecule has 0 radical (unpaired) electrons. The van der Waals surface area contributed by atoms with Gasteiger partial charge in [0, 0.05) is 26.2 Å². The zero-order valence-electron chi connectivity index (χ0n) is 10.1. The number of hydrogen-bond acceptors (Lipinski definition) is 3. The molecule has 2 saturated heterocycles. The van der Waals surface area contributed by atoms with Crippen LogP contribution in [0, 0.1) is 5.92 Å². The smallest absolute Gasteiger partial charge is 0.0700 e. The number of rotatable bonds is 3. The largest absolute Gasteiger partial charge is 0.376 e. The maximum absolute atomic E-state index is 5.69. The van der Waals surface area contributed by atoms with Crippen LogP contribution >= 0.6 is 0 Å². The summed E-state index contributed by atoms with van der Waals surface area (Å²) in [4.78, 5) is 5.05. The highest BCUT2D eigenvalue weighted by atomic mass is 16.5. The van der Waals surface area contributed by atoms with Crippen LogP contribution in [0.1, 0.15) is 19.8 Å². The minimum absolute atomic E-state index is 0.484. The van der Waals surface area contributed by atoms with Gasteiger partial charge in [-0.25, -0.2) is 0 Å². The molecule has 3 nitrogen and oxygen atoms in total. The molecule has 2 heterocycles. The molecule has 2 fully saturated rings. The summed E-state index contributed by atoms with van der Waals surface area (Å²) in [7, 11) is 2.23. The molecular formula is C12H24N2O. The highest BCUT2D eigenvalue weighted by molar-refractivity contribution is 4.79. The van der Waals surface area contributed by atoms with Gasteiger partial charge in [0.05, 0.1) is 12.7 Å². The van der Waals surface area contributed by atoms with E-state index in [4.69, 9.17) is 4.74 Å². The van der Waals surface area contributed by atoms with Crippen LogP contribution in [0.15, 0.2) is 0 Å². The minimum atomic E-state index is 0.484. The molecule has 2 aliphatic heterocycles. The van der Waals surface area contributed by atoms with Crippen molar-refractivity contribution < 1.29 is 4.74 Å². The average molecular weight is 212 g/mol. The fourth-order valence-corrected chi connectivity index (χ4v) is 2.73. The first kappa shape index (κ1) is 11.4. The standard InChI is InChI=1S/C12H24N2O/c1-3-12-10-14(6-7-15-12)9-11-4-5-13(2)8-11/h11-12H,3-10H2,1-2H3. The summed E-state index contributed by atoms with van der Waals surface area (Å²) < 4.78 is 5.69. The van der Waals surface area contributed by atoms with Gasteiger partial charge in [-0.05, 0) is 32.4 Å². The lowest BCUT2D eigenvalue weighted by Gasteiger charge is -2.33. The Morgan fingerprint density at radius 1 is 1.27 bits per heavy atom. The zero-order chi connectivity index (χ0) is 10.7. The van der Waals surface area contributed by atoms with Gasteiger partial charge in [-0.3, -0.25) is 4.90 Å². The molecule has 0 aromatic heterocycles. The lowest BCUT2D eigenvalue weighted by Crippen LogP contribution is -2.44. The summed E-state index contributed by atoms with van der Waals surface area (Å²) >= 11 is 0. The van der Waals surface area contributed by atoms with E-state index >= 15 is 0 Å². The van der Waals surface area contributed by atoms with E-state index in [2.05, 4.69) is 23.8 Å². The van der Waals surface area contributed by atoms with Crippen LogP contribution in [0.5, 0.6) is 0 Å². The van der Waals surface area contributed by atoms with Crippen LogP contribution in [0.4, 0.5) is 0 Å². The molecule has 0 spiro atoms. The second-order valence-electron chi connectivity index (χ2n) is 5.08. The van der Waals surface area contributed by atoms with Gasteiger partial charge in [0.15, 0.2) is 0 Å². The second kappa shape index (κ2) is 5.28. The van der Waals surface area contributed by atoms with Crippen molar-refractivity contribution in [3.63, 3.8) is 0 Å². The summed E-state index contributed by atoms with van der Waals surface area (Å²) in [5.41, 5.74) is 0. The van der Waals surface area contributed by atoms with Crippen molar-refractivity contribution in [1.82, 2.24) is 9.80 Å². The number of hydrogen-bond donors (Lipinski definition) is 0. The Bertz CT molecular complexity index is 198. The average Bonchev–Trinajstić information content (AvgIpc) is 2.64. The maximum Gasteiger partial charge on any atom is 0.0700 e. The molecule has 2 atom stereocenters. The van der Waals surface area contributed by atoms with Crippen LogP contribution < -0.4 is 0 Å². The van der Waals surface area contributed by atoms with E-state index < -0.39 is 0 Å². The lowest BCUT2D eigenvalue weighted by atomic mass is 10.1. The highest BCUT2D eigenvalue weighted by Crippen LogP contribution is 2.17. The Kier molecular flexibility index (Phi) is 4.00. The molecule has 2 aliphatic rings. The fourth-order valence-electron chi connectivity index (χ4n) is 2.73. The van der Waals surface area contributed by atoms with Crippen LogP contribution in [-0.2, 0) is 4.74 Å². The van der Waals surface area contributed by atoms with Crippen molar-refractivity contribution in [2.45, 2.75) is 25.9 Å². The Morgan fingerprint density at radius 2 is 2.13 bits per heavy atom. The molecule has 0 N–H and O–H groups in total. The van der Waals surface area contributed by atoms with E-state index in [1.165, 1.54) is 26.1 Å². The van der Waals surface area contributed by atoms with Crippen LogP contribution in [-0.4, -0.2) is 62.3 Å². The lowest BCUT2D eigenvalue weighted by molar-refractivity contribution is -0.0335. The third-order valence-electron chi connectivity index (χ3n) is 3.68. The highest BCUT2D eigenvalue weighted by Gasteiger charge is 2.25. The fraction of sp³-hybridized carbons (Fsp3) is 1.00. The van der Waals surface area contributed by atoms with E-state index in [1.54, 1.807) is 0 Å². The van der Waals surface area contributed by atoms with Gasteiger partial charge in [0.25, 0.3) is 0 Å². The predicted octanol–water partition coefficient (Wildman–Crippen LogP) is 1.05. The maximum atomic E-state index is 5.69. The third-order valence-corrected chi connectivity index (χ3v) is 3.68. The summed E-state index contributed by atoms with van der Waals surface area (Å²) in [6.45, 7) is 9.29. The topological polar surface area (TPSA) is 15.7 Å². The normalized spacial score (nSPS) is 34.8. The number of likely N-dealkylation sites (tertiary alicyclic amines) is 1. The van der Waals surface area contributed by atoms with Crippen molar-refractivity contribution in [1.29, 1.82) is 0 Å². The minimum Gasteiger partial charge on any atom is -0.376 e. The first-order valence-corrected chi connectivity index (χ1v) is 6.30. The van der Waals surface area contributed by atoms with E-state index in [0.29, 0.717) is 6.10 Å². The van der Waals surface area contributed by atoms with Crippen LogP contribution in [0.25, 0.3) is 0 Å². The number of morpholine rings is 1. The molecule has 3 heteroatoms. The van der Waals surface area contributed by atoms with E-state index in [-0.39, 0.29) is 0 Å². The molecule has 2 unspecified atom stereocenters. The summed E-state index contributed by atoms with van der Waals surface area (Å²) in [6.07, 6.45) is 3.02. The molecule has 0 aliphatic carbocycles. The monoisotopic (exact) mass is 212 g/mol.